The minimum absolute atomic E-state index is 0.174. The van der Waals surface area contributed by atoms with Gasteiger partial charge in [0.1, 0.15) is 5.56 Å². The predicted molar refractivity (Wildman–Crippen MR) is 78.4 cm³/mol. The third-order valence-corrected chi connectivity index (χ3v) is 2.82. The topological polar surface area (TPSA) is 138 Å². The van der Waals surface area contributed by atoms with E-state index in [1.54, 1.807) is 31.2 Å². The Kier molecular flexibility index (Phi) is 4.33. The molecule has 114 valence electrons. The Balaban J connectivity index is 2.22. The molecule has 8 nitrogen and oxygen atoms in total. The minimum Gasteiger partial charge on any atom is -0.493 e. The van der Waals surface area contributed by atoms with Crippen LogP contribution < -0.4 is 11.1 Å². The van der Waals surface area contributed by atoms with Crippen LogP contribution in [0.2, 0.25) is 0 Å². The van der Waals surface area contributed by atoms with E-state index in [1.807, 2.05) is 0 Å². The maximum Gasteiger partial charge on any atom is 0.342 e. The zero-order valence-electron chi connectivity index (χ0n) is 11.6. The molecule has 0 bridgehead atoms. The van der Waals surface area contributed by atoms with Gasteiger partial charge >= 0.3 is 5.97 Å². The average Bonchev–Trinajstić information content (AvgIpc) is 2.47. The summed E-state index contributed by atoms with van der Waals surface area (Å²) < 4.78 is 0. The van der Waals surface area contributed by atoms with E-state index in [-0.39, 0.29) is 17.3 Å². The zero-order chi connectivity index (χ0) is 16.3. The number of carbonyl (C=O) groups is 2. The van der Waals surface area contributed by atoms with Crippen LogP contribution in [0, 0.1) is 0 Å². The van der Waals surface area contributed by atoms with Gasteiger partial charge in [-0.3, -0.25) is 4.79 Å². The van der Waals surface area contributed by atoms with Crippen molar-refractivity contribution in [2.24, 2.45) is 5.73 Å². The summed E-state index contributed by atoms with van der Waals surface area (Å²) in [5.74, 6) is -2.05. The van der Waals surface area contributed by atoms with Crippen LogP contribution in [-0.4, -0.2) is 38.1 Å². The molecular weight excluding hydrogens is 288 g/mol. The number of carboxylic acid groups (broad SMARTS) is 1. The predicted octanol–water partition coefficient (Wildman–Crippen LogP) is 0.833. The fraction of sp³-hybridized carbons (Fsp3) is 0.143. The normalized spacial score (nSPS) is 11.7. The van der Waals surface area contributed by atoms with Crippen molar-refractivity contribution in [3.05, 3.63) is 36.0 Å². The van der Waals surface area contributed by atoms with Gasteiger partial charge in [-0.05, 0) is 31.2 Å². The summed E-state index contributed by atoms with van der Waals surface area (Å²) in [6.07, 6.45) is 1.03. The highest BCUT2D eigenvalue weighted by molar-refractivity contribution is 5.94. The number of carbonyl (C=O) groups excluding carboxylic acids is 1. The molecule has 1 aromatic carbocycles. The van der Waals surface area contributed by atoms with E-state index in [2.05, 4.69) is 15.3 Å². The molecule has 0 unspecified atom stereocenters. The number of nitrogens with zero attached hydrogens (tertiary/aromatic N) is 2. The van der Waals surface area contributed by atoms with E-state index in [4.69, 9.17) is 10.8 Å². The first kappa shape index (κ1) is 15.4. The molecule has 1 heterocycles. The first-order valence-corrected chi connectivity index (χ1v) is 6.34. The number of benzene rings is 1. The summed E-state index contributed by atoms with van der Waals surface area (Å²) in [7, 11) is 0. The Morgan fingerprint density at radius 2 is 1.91 bits per heavy atom. The number of anilines is 1. The van der Waals surface area contributed by atoms with Crippen LogP contribution in [0.15, 0.2) is 30.5 Å². The zero-order valence-corrected chi connectivity index (χ0v) is 11.6. The molecule has 2 rings (SSSR count). The minimum atomic E-state index is -1.31. The number of carboxylic acids is 1. The monoisotopic (exact) mass is 302 g/mol. The quantitative estimate of drug-likeness (QED) is 0.656. The second kappa shape index (κ2) is 6.19. The van der Waals surface area contributed by atoms with Crippen LogP contribution in [0.3, 0.4) is 0 Å². The average molecular weight is 302 g/mol. The van der Waals surface area contributed by atoms with E-state index >= 15 is 0 Å². The molecule has 0 saturated heterocycles. The Hall–Kier alpha value is -3.00. The van der Waals surface area contributed by atoms with Crippen molar-refractivity contribution < 1.29 is 19.8 Å². The Morgan fingerprint density at radius 3 is 2.41 bits per heavy atom. The van der Waals surface area contributed by atoms with Gasteiger partial charge in [-0.15, -0.1) is 0 Å². The van der Waals surface area contributed by atoms with Gasteiger partial charge in [0.25, 0.3) is 0 Å². The molecule has 1 amide bonds. The van der Waals surface area contributed by atoms with E-state index < -0.39 is 17.9 Å². The van der Waals surface area contributed by atoms with Gasteiger partial charge in [-0.25, -0.2) is 9.78 Å². The Labute approximate surface area is 125 Å². The van der Waals surface area contributed by atoms with Crippen molar-refractivity contribution in [3.8, 4) is 17.3 Å². The summed E-state index contributed by atoms with van der Waals surface area (Å²) >= 11 is 0. The molecule has 0 aliphatic heterocycles. The molecule has 1 atom stereocenters. The summed E-state index contributed by atoms with van der Waals surface area (Å²) in [5, 5.41) is 21.0. The van der Waals surface area contributed by atoms with Crippen molar-refractivity contribution in [3.63, 3.8) is 0 Å². The lowest BCUT2D eigenvalue weighted by Crippen LogP contribution is -2.32. The molecule has 0 aliphatic carbocycles. The fourth-order valence-electron chi connectivity index (χ4n) is 1.62. The number of nitrogens with two attached hydrogens (primary N) is 1. The van der Waals surface area contributed by atoms with Gasteiger partial charge in [0.2, 0.25) is 11.8 Å². The molecule has 2 aromatic rings. The van der Waals surface area contributed by atoms with Gasteiger partial charge < -0.3 is 21.3 Å². The smallest absolute Gasteiger partial charge is 0.342 e. The van der Waals surface area contributed by atoms with Crippen LogP contribution in [0.25, 0.3) is 11.4 Å². The second-order valence-corrected chi connectivity index (χ2v) is 4.59. The molecule has 0 spiro atoms. The lowest BCUT2D eigenvalue weighted by atomic mass is 10.2. The number of rotatable bonds is 4. The number of nitrogens with one attached hydrogen (secondary N) is 1. The van der Waals surface area contributed by atoms with E-state index in [1.165, 1.54) is 0 Å². The lowest BCUT2D eigenvalue weighted by molar-refractivity contribution is -0.117. The van der Waals surface area contributed by atoms with E-state index in [0.29, 0.717) is 11.3 Å². The highest BCUT2D eigenvalue weighted by Gasteiger charge is 2.13. The van der Waals surface area contributed by atoms with Crippen molar-refractivity contribution in [1.82, 2.24) is 9.97 Å². The van der Waals surface area contributed by atoms with Crippen molar-refractivity contribution in [2.45, 2.75) is 13.0 Å². The molecule has 0 aliphatic rings. The number of aromatic carboxylic acids is 1. The number of hydrogen-bond donors (Lipinski definition) is 4. The van der Waals surface area contributed by atoms with Crippen molar-refractivity contribution in [1.29, 1.82) is 0 Å². The largest absolute Gasteiger partial charge is 0.493 e. The van der Waals surface area contributed by atoms with Crippen LogP contribution in [0.5, 0.6) is 5.88 Å². The summed E-state index contributed by atoms with van der Waals surface area (Å²) in [4.78, 5) is 29.9. The number of amides is 1. The molecule has 1 aromatic heterocycles. The first-order valence-electron chi connectivity index (χ1n) is 6.34. The highest BCUT2D eigenvalue weighted by atomic mass is 16.4. The van der Waals surface area contributed by atoms with Gasteiger partial charge in [-0.2, -0.15) is 4.98 Å². The van der Waals surface area contributed by atoms with E-state index in [9.17, 15) is 14.7 Å². The van der Waals surface area contributed by atoms with Crippen LogP contribution in [0.4, 0.5) is 5.69 Å². The summed E-state index contributed by atoms with van der Waals surface area (Å²) in [5.41, 5.74) is 6.20. The third kappa shape index (κ3) is 3.36. The fourth-order valence-corrected chi connectivity index (χ4v) is 1.62. The Bertz CT molecular complexity index is 713. The van der Waals surface area contributed by atoms with Gasteiger partial charge in [-0.1, -0.05) is 0 Å². The number of hydrogen-bond acceptors (Lipinski definition) is 6. The van der Waals surface area contributed by atoms with Crippen molar-refractivity contribution in [2.75, 3.05) is 5.32 Å². The molecular formula is C14H14N4O4. The summed E-state index contributed by atoms with van der Waals surface area (Å²) in [6.45, 7) is 1.57. The van der Waals surface area contributed by atoms with Gasteiger partial charge in [0.15, 0.2) is 5.82 Å². The second-order valence-electron chi connectivity index (χ2n) is 4.59. The molecule has 0 radical (unpaired) electrons. The molecule has 22 heavy (non-hydrogen) atoms. The van der Waals surface area contributed by atoms with Crippen molar-refractivity contribution >= 4 is 17.6 Å². The highest BCUT2D eigenvalue weighted by Crippen LogP contribution is 2.21. The maximum atomic E-state index is 11.5. The standard InChI is InChI=1S/C14H14N4O4/c1-7(15)12(19)17-9-4-2-8(3-5-9)11-16-6-10(14(21)22)13(20)18-11/h2-7H,15H2,1H3,(H,17,19)(H,21,22)(H,16,18,20)/t7-/m0/s1. The Morgan fingerprint density at radius 1 is 1.27 bits per heavy atom. The maximum absolute atomic E-state index is 11.5. The third-order valence-electron chi connectivity index (χ3n) is 2.82. The molecule has 8 heteroatoms. The molecule has 5 N–H and O–H groups in total. The first-order chi connectivity index (χ1) is 10.4. The molecule has 0 fully saturated rings. The van der Waals surface area contributed by atoms with Gasteiger partial charge in [0.05, 0.1) is 6.04 Å². The SMILES string of the molecule is C[C@H](N)C(=O)Nc1ccc(-c2ncc(C(=O)O)c(O)n2)cc1. The molecule has 0 saturated carbocycles. The number of aromatic nitrogens is 2. The van der Waals surface area contributed by atoms with Crippen LogP contribution >= 0.6 is 0 Å². The number of aromatic hydroxyl groups is 1. The van der Waals surface area contributed by atoms with Gasteiger partial charge in [0, 0.05) is 17.4 Å². The lowest BCUT2D eigenvalue weighted by Gasteiger charge is -2.08. The van der Waals surface area contributed by atoms with Crippen LogP contribution in [-0.2, 0) is 4.79 Å². The summed E-state index contributed by atoms with van der Waals surface area (Å²) in [6, 6.07) is 5.89. The van der Waals surface area contributed by atoms with Crippen LogP contribution in [0.1, 0.15) is 17.3 Å². The van der Waals surface area contributed by atoms with E-state index in [0.717, 1.165) is 6.20 Å².